The molecule has 0 aromatic heterocycles. The van der Waals surface area contributed by atoms with E-state index in [-0.39, 0.29) is 11.9 Å². The number of amides is 1. The Morgan fingerprint density at radius 3 is 2.56 bits per heavy atom. The van der Waals surface area contributed by atoms with Gasteiger partial charge in [0.2, 0.25) is 5.91 Å². The molecule has 18 heavy (non-hydrogen) atoms. The predicted molar refractivity (Wildman–Crippen MR) is 70.1 cm³/mol. The standard InChI is InChI=1S/C14H21NO3/c1-2-3-5-10-13(16)15-12-9-7-4-6-8-11(12)14(17)18/h2-3,5,10-12H,4,6-9H2,1H3,(H,15,16)(H,17,18). The second-order valence-electron chi connectivity index (χ2n) is 4.58. The molecule has 0 saturated heterocycles. The van der Waals surface area contributed by atoms with Crippen molar-refractivity contribution in [2.45, 2.75) is 45.1 Å². The number of aliphatic carboxylic acids is 1. The fourth-order valence-corrected chi connectivity index (χ4v) is 2.26. The second kappa shape index (κ2) is 7.69. The number of rotatable bonds is 4. The molecule has 1 saturated carbocycles. The van der Waals surface area contributed by atoms with Crippen molar-refractivity contribution < 1.29 is 14.7 Å². The van der Waals surface area contributed by atoms with Gasteiger partial charge in [0.1, 0.15) is 0 Å². The van der Waals surface area contributed by atoms with Crippen LogP contribution in [0.2, 0.25) is 0 Å². The Bertz CT molecular complexity index is 347. The molecule has 0 bridgehead atoms. The molecule has 0 heterocycles. The van der Waals surface area contributed by atoms with E-state index in [4.69, 9.17) is 0 Å². The lowest BCUT2D eigenvalue weighted by Gasteiger charge is -2.22. The molecule has 100 valence electrons. The maximum Gasteiger partial charge on any atom is 0.308 e. The van der Waals surface area contributed by atoms with Gasteiger partial charge in [-0.05, 0) is 19.8 Å². The normalized spacial score (nSPS) is 25.2. The Labute approximate surface area is 108 Å². The van der Waals surface area contributed by atoms with E-state index in [1.54, 1.807) is 12.2 Å². The van der Waals surface area contributed by atoms with Crippen molar-refractivity contribution in [3.8, 4) is 0 Å². The molecule has 1 aliphatic carbocycles. The lowest BCUT2D eigenvalue weighted by atomic mass is 9.95. The van der Waals surface area contributed by atoms with Crippen molar-refractivity contribution in [1.82, 2.24) is 5.32 Å². The van der Waals surface area contributed by atoms with E-state index in [1.807, 2.05) is 13.0 Å². The zero-order valence-electron chi connectivity index (χ0n) is 10.8. The molecule has 2 atom stereocenters. The molecule has 0 radical (unpaired) electrons. The third-order valence-electron chi connectivity index (χ3n) is 3.21. The SMILES string of the molecule is CC=CC=CC(=O)NC1CCCCCC1C(=O)O. The highest BCUT2D eigenvalue weighted by Crippen LogP contribution is 2.23. The van der Waals surface area contributed by atoms with Crippen LogP contribution in [0.3, 0.4) is 0 Å². The first-order valence-electron chi connectivity index (χ1n) is 6.48. The van der Waals surface area contributed by atoms with E-state index in [9.17, 15) is 14.7 Å². The molecule has 0 aromatic carbocycles. The van der Waals surface area contributed by atoms with Gasteiger partial charge in [-0.1, -0.05) is 37.5 Å². The molecule has 1 amide bonds. The molecule has 2 N–H and O–H groups in total. The third kappa shape index (κ3) is 4.73. The average Bonchev–Trinajstić information content (AvgIpc) is 2.55. The summed E-state index contributed by atoms with van der Waals surface area (Å²) in [5.41, 5.74) is 0. The van der Waals surface area contributed by atoms with Gasteiger partial charge in [0, 0.05) is 12.1 Å². The highest BCUT2D eigenvalue weighted by Gasteiger charge is 2.29. The van der Waals surface area contributed by atoms with Gasteiger partial charge in [-0.3, -0.25) is 9.59 Å². The Kier molecular flexibility index (Phi) is 6.19. The summed E-state index contributed by atoms with van der Waals surface area (Å²) >= 11 is 0. The van der Waals surface area contributed by atoms with Gasteiger partial charge >= 0.3 is 5.97 Å². The van der Waals surface area contributed by atoms with Crippen LogP contribution in [0.4, 0.5) is 0 Å². The first-order valence-corrected chi connectivity index (χ1v) is 6.48. The van der Waals surface area contributed by atoms with E-state index in [1.165, 1.54) is 6.08 Å². The van der Waals surface area contributed by atoms with Gasteiger partial charge in [-0.2, -0.15) is 0 Å². The fraction of sp³-hybridized carbons (Fsp3) is 0.571. The van der Waals surface area contributed by atoms with Crippen LogP contribution in [-0.4, -0.2) is 23.0 Å². The molecule has 1 rings (SSSR count). The van der Waals surface area contributed by atoms with Gasteiger partial charge in [0.25, 0.3) is 0 Å². The molecule has 0 aromatic rings. The van der Waals surface area contributed by atoms with Gasteiger partial charge in [-0.25, -0.2) is 0 Å². The lowest BCUT2D eigenvalue weighted by molar-refractivity contribution is -0.143. The summed E-state index contributed by atoms with van der Waals surface area (Å²) in [7, 11) is 0. The molecular formula is C14H21NO3. The van der Waals surface area contributed by atoms with Crippen LogP contribution in [0.25, 0.3) is 0 Å². The quantitative estimate of drug-likeness (QED) is 0.457. The van der Waals surface area contributed by atoms with Gasteiger partial charge in [-0.15, -0.1) is 0 Å². The van der Waals surface area contributed by atoms with E-state index < -0.39 is 11.9 Å². The Morgan fingerprint density at radius 2 is 1.89 bits per heavy atom. The molecule has 0 aliphatic heterocycles. The summed E-state index contributed by atoms with van der Waals surface area (Å²) in [5.74, 6) is -1.47. The second-order valence-corrected chi connectivity index (χ2v) is 4.58. The summed E-state index contributed by atoms with van der Waals surface area (Å²) in [6.07, 6.45) is 11.0. The summed E-state index contributed by atoms with van der Waals surface area (Å²) in [6, 6.07) is -0.243. The number of carboxylic acid groups (broad SMARTS) is 1. The van der Waals surface area contributed by atoms with Gasteiger partial charge < -0.3 is 10.4 Å². The number of carbonyl (C=O) groups is 2. The molecule has 4 nitrogen and oxygen atoms in total. The van der Waals surface area contributed by atoms with Crippen LogP contribution >= 0.6 is 0 Å². The molecule has 1 aliphatic rings. The molecule has 2 unspecified atom stereocenters. The Hall–Kier alpha value is -1.58. The van der Waals surface area contributed by atoms with E-state index in [0.29, 0.717) is 6.42 Å². The number of hydrogen-bond donors (Lipinski definition) is 2. The Balaban J connectivity index is 2.60. The largest absolute Gasteiger partial charge is 0.481 e. The maximum absolute atomic E-state index is 11.6. The first kappa shape index (κ1) is 14.5. The van der Waals surface area contributed by atoms with Crippen molar-refractivity contribution in [2.24, 2.45) is 5.92 Å². The molecular weight excluding hydrogens is 230 g/mol. The minimum absolute atomic E-state index is 0.216. The summed E-state index contributed by atoms with van der Waals surface area (Å²) in [5, 5.41) is 12.0. The van der Waals surface area contributed by atoms with Crippen LogP contribution < -0.4 is 5.32 Å². The minimum atomic E-state index is -0.806. The Morgan fingerprint density at radius 1 is 1.17 bits per heavy atom. The van der Waals surface area contributed by atoms with E-state index >= 15 is 0 Å². The number of carboxylic acids is 1. The van der Waals surface area contributed by atoms with Gasteiger partial charge in [0.15, 0.2) is 0 Å². The van der Waals surface area contributed by atoms with Gasteiger partial charge in [0.05, 0.1) is 5.92 Å². The zero-order valence-corrected chi connectivity index (χ0v) is 10.8. The molecule has 1 fully saturated rings. The summed E-state index contributed by atoms with van der Waals surface area (Å²) in [6.45, 7) is 1.87. The fourth-order valence-electron chi connectivity index (χ4n) is 2.26. The lowest BCUT2D eigenvalue weighted by Crippen LogP contribution is -2.42. The predicted octanol–water partition coefficient (Wildman–Crippen LogP) is 2.27. The topological polar surface area (TPSA) is 66.4 Å². The third-order valence-corrected chi connectivity index (χ3v) is 3.21. The summed E-state index contributed by atoms with van der Waals surface area (Å²) in [4.78, 5) is 22.8. The van der Waals surface area contributed by atoms with Crippen molar-refractivity contribution in [3.05, 3.63) is 24.3 Å². The highest BCUT2D eigenvalue weighted by atomic mass is 16.4. The van der Waals surface area contributed by atoms with Crippen LogP contribution in [0.5, 0.6) is 0 Å². The van der Waals surface area contributed by atoms with Crippen molar-refractivity contribution in [1.29, 1.82) is 0 Å². The molecule has 4 heteroatoms. The summed E-state index contributed by atoms with van der Waals surface area (Å²) < 4.78 is 0. The highest BCUT2D eigenvalue weighted by molar-refractivity contribution is 5.88. The minimum Gasteiger partial charge on any atom is -0.481 e. The number of nitrogens with one attached hydrogen (secondary N) is 1. The van der Waals surface area contributed by atoms with Crippen molar-refractivity contribution in [2.75, 3.05) is 0 Å². The van der Waals surface area contributed by atoms with Crippen LogP contribution in [-0.2, 0) is 9.59 Å². The smallest absolute Gasteiger partial charge is 0.308 e. The number of hydrogen-bond acceptors (Lipinski definition) is 2. The number of carbonyl (C=O) groups excluding carboxylic acids is 1. The monoisotopic (exact) mass is 251 g/mol. The van der Waals surface area contributed by atoms with Crippen LogP contribution in [0.15, 0.2) is 24.3 Å². The van der Waals surface area contributed by atoms with Crippen LogP contribution in [0.1, 0.15) is 39.0 Å². The average molecular weight is 251 g/mol. The van der Waals surface area contributed by atoms with Crippen molar-refractivity contribution >= 4 is 11.9 Å². The van der Waals surface area contributed by atoms with E-state index in [0.717, 1.165) is 25.7 Å². The number of allylic oxidation sites excluding steroid dienone is 3. The zero-order chi connectivity index (χ0) is 13.4. The first-order chi connectivity index (χ1) is 8.65. The molecule has 0 spiro atoms. The van der Waals surface area contributed by atoms with Crippen molar-refractivity contribution in [3.63, 3.8) is 0 Å². The van der Waals surface area contributed by atoms with E-state index in [2.05, 4.69) is 5.32 Å². The van der Waals surface area contributed by atoms with Crippen LogP contribution in [0, 0.1) is 5.92 Å². The maximum atomic E-state index is 11.6.